The Labute approximate surface area is 176 Å². The molecule has 1 aliphatic rings. The minimum atomic E-state index is 0.652. The molecule has 1 aliphatic heterocycles. The molecule has 1 heterocycles. The summed E-state index contributed by atoms with van der Waals surface area (Å²) in [4.78, 5) is 9.34. The van der Waals surface area contributed by atoms with E-state index in [0.717, 1.165) is 64.7 Å². The lowest BCUT2D eigenvalue weighted by Crippen LogP contribution is -2.46. The quantitative estimate of drug-likeness (QED) is 0.297. The Morgan fingerprint density at radius 3 is 2.34 bits per heavy atom. The van der Waals surface area contributed by atoms with Crippen LogP contribution in [0.15, 0.2) is 35.3 Å². The molecule has 0 aromatic heterocycles. The lowest BCUT2D eigenvalue weighted by Gasteiger charge is -2.36. The van der Waals surface area contributed by atoms with E-state index < -0.39 is 0 Å². The smallest absolute Gasteiger partial charge is 0.190 e. The van der Waals surface area contributed by atoms with E-state index in [4.69, 9.17) is 9.47 Å². The van der Waals surface area contributed by atoms with Crippen molar-refractivity contribution in [3.8, 4) is 0 Å². The van der Waals surface area contributed by atoms with Crippen molar-refractivity contribution >= 4 is 11.6 Å². The van der Waals surface area contributed by atoms with E-state index in [9.17, 15) is 0 Å². The highest BCUT2D eigenvalue weighted by atomic mass is 16.5. The molecule has 0 radical (unpaired) electrons. The maximum Gasteiger partial charge on any atom is 0.190 e. The molecule has 1 saturated heterocycles. The first-order chi connectivity index (χ1) is 14.3. The van der Waals surface area contributed by atoms with Gasteiger partial charge in [0.2, 0.25) is 0 Å². The summed E-state index contributed by atoms with van der Waals surface area (Å²) in [5.41, 5.74) is 1.34. The molecule has 1 aromatic carbocycles. The summed E-state index contributed by atoms with van der Waals surface area (Å²) in [5, 5.41) is 6.73. The van der Waals surface area contributed by atoms with Gasteiger partial charge in [-0.15, -0.1) is 0 Å². The summed E-state index contributed by atoms with van der Waals surface area (Å²) >= 11 is 0. The van der Waals surface area contributed by atoms with Crippen LogP contribution in [0.3, 0.4) is 0 Å². The Morgan fingerprint density at radius 2 is 1.66 bits per heavy atom. The molecule has 7 heteroatoms. The van der Waals surface area contributed by atoms with Crippen LogP contribution in [0.25, 0.3) is 0 Å². The number of nitrogens with one attached hydrogen (secondary N) is 2. The Bertz CT molecular complexity index is 547. The van der Waals surface area contributed by atoms with Crippen LogP contribution in [0.1, 0.15) is 19.3 Å². The fraction of sp³-hybridized carbons (Fsp3) is 0.682. The van der Waals surface area contributed by atoms with E-state index in [-0.39, 0.29) is 0 Å². The molecule has 2 N–H and O–H groups in total. The van der Waals surface area contributed by atoms with Gasteiger partial charge >= 0.3 is 0 Å². The van der Waals surface area contributed by atoms with Gasteiger partial charge in [0.1, 0.15) is 0 Å². The fourth-order valence-electron chi connectivity index (χ4n) is 3.38. The van der Waals surface area contributed by atoms with Crippen molar-refractivity contribution in [3.05, 3.63) is 30.3 Å². The molecule has 1 aromatic rings. The lowest BCUT2D eigenvalue weighted by atomic mass is 10.2. The van der Waals surface area contributed by atoms with Crippen LogP contribution in [0.5, 0.6) is 0 Å². The Kier molecular flexibility index (Phi) is 12.2. The number of ether oxygens (including phenoxy) is 2. The molecule has 0 saturated carbocycles. The standard InChI is InChI=1S/C22H39N5O2/c1-23-22(25-12-8-18-29-20-19-28-2)24-11-6-7-13-26-14-16-27(17-15-26)21-9-4-3-5-10-21/h3-5,9-10H,6-8,11-20H2,1-2H3,(H2,23,24,25). The summed E-state index contributed by atoms with van der Waals surface area (Å²) in [6.45, 7) is 9.58. The third-order valence-electron chi connectivity index (χ3n) is 5.10. The first-order valence-corrected chi connectivity index (χ1v) is 10.9. The van der Waals surface area contributed by atoms with E-state index in [1.807, 2.05) is 7.05 Å². The minimum Gasteiger partial charge on any atom is -0.382 e. The molecule has 164 valence electrons. The van der Waals surface area contributed by atoms with Gasteiger partial charge in [0.25, 0.3) is 0 Å². The summed E-state index contributed by atoms with van der Waals surface area (Å²) in [6, 6.07) is 10.7. The van der Waals surface area contributed by atoms with Gasteiger partial charge in [-0.2, -0.15) is 0 Å². The SMILES string of the molecule is CN=C(NCCCCN1CCN(c2ccccc2)CC1)NCCCOCCOC. The Balaban J connectivity index is 1.46. The van der Waals surface area contributed by atoms with Crippen molar-refractivity contribution in [2.75, 3.05) is 84.7 Å². The van der Waals surface area contributed by atoms with Crippen LogP contribution in [0.4, 0.5) is 5.69 Å². The number of rotatable bonds is 13. The second kappa shape index (κ2) is 15.1. The maximum absolute atomic E-state index is 5.46. The molecule has 0 amide bonds. The average Bonchev–Trinajstić information content (AvgIpc) is 2.78. The van der Waals surface area contributed by atoms with Gasteiger partial charge in [-0.3, -0.25) is 9.89 Å². The van der Waals surface area contributed by atoms with Crippen molar-refractivity contribution in [1.82, 2.24) is 15.5 Å². The summed E-state index contributed by atoms with van der Waals surface area (Å²) in [5.74, 6) is 0.873. The number of unbranched alkanes of at least 4 members (excludes halogenated alkanes) is 1. The van der Waals surface area contributed by atoms with E-state index in [0.29, 0.717) is 13.2 Å². The number of methoxy groups -OCH3 is 1. The van der Waals surface area contributed by atoms with Gasteiger partial charge in [-0.25, -0.2) is 0 Å². The highest BCUT2D eigenvalue weighted by Crippen LogP contribution is 2.15. The molecule has 7 nitrogen and oxygen atoms in total. The topological polar surface area (TPSA) is 61.4 Å². The summed E-state index contributed by atoms with van der Waals surface area (Å²) in [7, 11) is 3.50. The van der Waals surface area contributed by atoms with Crippen molar-refractivity contribution in [3.63, 3.8) is 0 Å². The molecular weight excluding hydrogens is 366 g/mol. The predicted octanol–water partition coefficient (Wildman–Crippen LogP) is 1.81. The number of piperazine rings is 1. The molecular formula is C22H39N5O2. The minimum absolute atomic E-state index is 0.652. The second-order valence-corrected chi connectivity index (χ2v) is 7.26. The van der Waals surface area contributed by atoms with E-state index in [1.165, 1.54) is 18.7 Å². The Morgan fingerprint density at radius 1 is 0.931 bits per heavy atom. The molecule has 29 heavy (non-hydrogen) atoms. The van der Waals surface area contributed by atoms with Crippen LogP contribution in [0, 0.1) is 0 Å². The zero-order valence-corrected chi connectivity index (χ0v) is 18.2. The van der Waals surface area contributed by atoms with Crippen molar-refractivity contribution in [2.24, 2.45) is 4.99 Å². The van der Waals surface area contributed by atoms with E-state index >= 15 is 0 Å². The van der Waals surface area contributed by atoms with Gasteiger partial charge in [0.15, 0.2) is 5.96 Å². The zero-order chi connectivity index (χ0) is 20.6. The monoisotopic (exact) mass is 405 g/mol. The number of nitrogens with zero attached hydrogens (tertiary/aromatic N) is 3. The molecule has 0 spiro atoms. The third kappa shape index (κ3) is 9.96. The molecule has 2 rings (SSSR count). The number of anilines is 1. The fourth-order valence-corrected chi connectivity index (χ4v) is 3.38. The maximum atomic E-state index is 5.46. The number of aliphatic imine (C=N–C) groups is 1. The normalized spacial score (nSPS) is 15.5. The second-order valence-electron chi connectivity index (χ2n) is 7.26. The number of hydrogen-bond donors (Lipinski definition) is 2. The number of benzene rings is 1. The van der Waals surface area contributed by atoms with Crippen LogP contribution in [0.2, 0.25) is 0 Å². The van der Waals surface area contributed by atoms with Gasteiger partial charge in [-0.05, 0) is 37.9 Å². The van der Waals surface area contributed by atoms with E-state index in [2.05, 4.69) is 55.8 Å². The molecule has 0 unspecified atom stereocenters. The molecule has 1 fully saturated rings. The number of guanidine groups is 1. The Hall–Kier alpha value is -1.83. The van der Waals surface area contributed by atoms with Crippen LogP contribution < -0.4 is 15.5 Å². The summed E-state index contributed by atoms with van der Waals surface area (Å²) in [6.07, 6.45) is 3.32. The third-order valence-corrected chi connectivity index (χ3v) is 5.10. The molecule has 0 bridgehead atoms. The van der Waals surface area contributed by atoms with E-state index in [1.54, 1.807) is 7.11 Å². The first kappa shape index (κ1) is 23.4. The lowest BCUT2D eigenvalue weighted by molar-refractivity contribution is 0.0698. The van der Waals surface area contributed by atoms with Crippen LogP contribution >= 0.6 is 0 Å². The molecule has 0 atom stereocenters. The predicted molar refractivity (Wildman–Crippen MR) is 121 cm³/mol. The zero-order valence-electron chi connectivity index (χ0n) is 18.2. The average molecular weight is 406 g/mol. The highest BCUT2D eigenvalue weighted by Gasteiger charge is 2.16. The van der Waals surface area contributed by atoms with Crippen LogP contribution in [-0.2, 0) is 9.47 Å². The van der Waals surface area contributed by atoms with Gasteiger partial charge in [-0.1, -0.05) is 18.2 Å². The number of hydrogen-bond acceptors (Lipinski definition) is 5. The molecule has 0 aliphatic carbocycles. The highest BCUT2D eigenvalue weighted by molar-refractivity contribution is 5.79. The van der Waals surface area contributed by atoms with Crippen molar-refractivity contribution in [1.29, 1.82) is 0 Å². The van der Waals surface area contributed by atoms with Gasteiger partial charge in [0, 0.05) is 65.7 Å². The summed E-state index contributed by atoms with van der Waals surface area (Å²) < 4.78 is 10.4. The largest absolute Gasteiger partial charge is 0.382 e. The first-order valence-electron chi connectivity index (χ1n) is 10.9. The van der Waals surface area contributed by atoms with Crippen molar-refractivity contribution in [2.45, 2.75) is 19.3 Å². The van der Waals surface area contributed by atoms with Gasteiger partial charge < -0.3 is 25.0 Å². The van der Waals surface area contributed by atoms with Gasteiger partial charge in [0.05, 0.1) is 13.2 Å². The van der Waals surface area contributed by atoms with Crippen molar-refractivity contribution < 1.29 is 9.47 Å². The number of para-hydroxylation sites is 1. The van der Waals surface area contributed by atoms with Crippen LogP contribution in [-0.4, -0.2) is 90.7 Å².